The normalized spacial score (nSPS) is 16.2. The van der Waals surface area contributed by atoms with Crippen molar-refractivity contribution in [3.05, 3.63) is 51.7 Å². The summed E-state index contributed by atoms with van der Waals surface area (Å²) in [5.74, 6) is 0. The summed E-state index contributed by atoms with van der Waals surface area (Å²) in [4.78, 5) is 4.02. The Morgan fingerprint density at radius 3 is 2.72 bits per heavy atom. The average Bonchev–Trinajstić information content (AvgIpc) is 2.63. The van der Waals surface area contributed by atoms with E-state index in [0.29, 0.717) is 0 Å². The molecule has 3 heteroatoms. The first-order valence-corrected chi connectivity index (χ1v) is 7.32. The third kappa shape index (κ3) is 2.42. The number of hydrogen-bond donors (Lipinski definition) is 1. The molecule has 0 unspecified atom stereocenters. The molecule has 0 fully saturated rings. The van der Waals surface area contributed by atoms with Crippen molar-refractivity contribution in [1.29, 1.82) is 0 Å². The number of anilines is 1. The lowest BCUT2D eigenvalue weighted by Gasteiger charge is -2.19. The van der Waals surface area contributed by atoms with Crippen LogP contribution in [0.15, 0.2) is 35.7 Å². The minimum atomic E-state index is 0.997. The van der Waals surface area contributed by atoms with Crippen LogP contribution < -0.4 is 5.73 Å². The molecule has 0 atom stereocenters. The van der Waals surface area contributed by atoms with Gasteiger partial charge >= 0.3 is 0 Å². The van der Waals surface area contributed by atoms with Crippen LogP contribution in [0, 0.1) is 0 Å². The molecule has 2 aromatic rings. The van der Waals surface area contributed by atoms with E-state index < -0.39 is 0 Å². The van der Waals surface area contributed by atoms with Crippen molar-refractivity contribution in [3.8, 4) is 0 Å². The van der Waals surface area contributed by atoms with Crippen LogP contribution in [-0.2, 0) is 19.4 Å². The molecule has 1 aliphatic rings. The van der Waals surface area contributed by atoms with Gasteiger partial charge in [-0.3, -0.25) is 4.90 Å². The van der Waals surface area contributed by atoms with Crippen LogP contribution in [0.25, 0.3) is 0 Å². The van der Waals surface area contributed by atoms with Gasteiger partial charge in [0.05, 0.1) is 0 Å². The highest BCUT2D eigenvalue weighted by molar-refractivity contribution is 7.10. The summed E-state index contributed by atoms with van der Waals surface area (Å²) in [6, 6.07) is 10.7. The van der Waals surface area contributed by atoms with Crippen molar-refractivity contribution in [1.82, 2.24) is 4.90 Å². The van der Waals surface area contributed by atoms with Crippen molar-refractivity contribution in [2.24, 2.45) is 0 Å². The third-order valence-corrected chi connectivity index (χ3v) is 4.70. The molecule has 1 aliphatic heterocycles. The number of rotatable bonds is 2. The van der Waals surface area contributed by atoms with Crippen molar-refractivity contribution in [2.45, 2.75) is 19.4 Å². The fourth-order valence-electron chi connectivity index (χ4n) is 2.57. The monoisotopic (exact) mass is 258 g/mol. The summed E-state index contributed by atoms with van der Waals surface area (Å²) in [6.07, 6.45) is 2.24. The van der Waals surface area contributed by atoms with Gasteiger partial charge in [-0.2, -0.15) is 0 Å². The molecule has 3 rings (SSSR count). The highest BCUT2D eigenvalue weighted by Gasteiger charge is 2.17. The van der Waals surface area contributed by atoms with Gasteiger partial charge in [0, 0.05) is 35.6 Å². The second kappa shape index (κ2) is 5.12. The van der Waals surface area contributed by atoms with Crippen LogP contribution in [0.4, 0.5) is 5.69 Å². The molecule has 0 amide bonds. The number of nitrogen functional groups attached to an aromatic ring is 1. The average molecular weight is 258 g/mol. The quantitative estimate of drug-likeness (QED) is 0.897. The smallest absolute Gasteiger partial charge is 0.0458 e. The van der Waals surface area contributed by atoms with E-state index in [4.69, 9.17) is 5.73 Å². The van der Waals surface area contributed by atoms with Gasteiger partial charge in [-0.1, -0.05) is 30.3 Å². The number of nitrogens with zero attached hydrogens (tertiary/aromatic N) is 1. The van der Waals surface area contributed by atoms with Crippen molar-refractivity contribution < 1.29 is 0 Å². The van der Waals surface area contributed by atoms with Gasteiger partial charge in [0.2, 0.25) is 0 Å². The maximum Gasteiger partial charge on any atom is 0.0458 e. The number of fused-ring (bicyclic) bond motifs is 1. The Morgan fingerprint density at radius 2 is 1.89 bits per heavy atom. The second-order valence-corrected chi connectivity index (χ2v) is 5.82. The molecule has 2 nitrogen and oxygen atoms in total. The van der Waals surface area contributed by atoms with Crippen LogP contribution in [0.2, 0.25) is 0 Å². The molecule has 94 valence electrons. The molecule has 0 aliphatic carbocycles. The van der Waals surface area contributed by atoms with Crippen LogP contribution >= 0.6 is 11.3 Å². The van der Waals surface area contributed by atoms with E-state index in [1.54, 1.807) is 0 Å². The molecule has 0 spiro atoms. The van der Waals surface area contributed by atoms with Gasteiger partial charge in [-0.15, -0.1) is 11.3 Å². The topological polar surface area (TPSA) is 29.3 Å². The largest absolute Gasteiger partial charge is 0.398 e. The van der Waals surface area contributed by atoms with Gasteiger partial charge in [0.15, 0.2) is 0 Å². The zero-order valence-corrected chi connectivity index (χ0v) is 11.2. The Hall–Kier alpha value is -1.32. The van der Waals surface area contributed by atoms with Gasteiger partial charge in [-0.25, -0.2) is 0 Å². The zero-order valence-electron chi connectivity index (χ0n) is 10.4. The van der Waals surface area contributed by atoms with E-state index >= 15 is 0 Å². The molecule has 0 saturated carbocycles. The first kappa shape index (κ1) is 11.8. The van der Waals surface area contributed by atoms with E-state index in [9.17, 15) is 0 Å². The molecular formula is C15H18N2S. The molecule has 2 N–H and O–H groups in total. The molecule has 0 bridgehead atoms. The molecule has 0 radical (unpaired) electrons. The van der Waals surface area contributed by atoms with Crippen molar-refractivity contribution in [2.75, 3.05) is 18.8 Å². The lowest BCUT2D eigenvalue weighted by Crippen LogP contribution is -2.25. The SMILES string of the molecule is Nc1csc2c1CCN(Cc1ccccc1)CC2. The van der Waals surface area contributed by atoms with Crippen molar-refractivity contribution in [3.63, 3.8) is 0 Å². The molecule has 1 aromatic carbocycles. The second-order valence-electron chi connectivity index (χ2n) is 4.85. The maximum atomic E-state index is 6.02. The predicted octanol–water partition coefficient (Wildman–Crippen LogP) is 2.93. The minimum Gasteiger partial charge on any atom is -0.398 e. The van der Waals surface area contributed by atoms with E-state index in [1.807, 2.05) is 11.3 Å². The molecule has 18 heavy (non-hydrogen) atoms. The number of nitrogens with two attached hydrogens (primary N) is 1. The molecule has 0 saturated heterocycles. The zero-order chi connectivity index (χ0) is 12.4. The summed E-state index contributed by atoms with van der Waals surface area (Å²) >= 11 is 1.82. The number of thiophene rings is 1. The Kier molecular flexibility index (Phi) is 3.35. The summed E-state index contributed by atoms with van der Waals surface area (Å²) in [6.45, 7) is 3.31. The van der Waals surface area contributed by atoms with E-state index in [1.165, 1.54) is 16.0 Å². The number of hydrogen-bond acceptors (Lipinski definition) is 3. The summed E-state index contributed by atoms with van der Waals surface area (Å²) in [5, 5.41) is 2.09. The standard InChI is InChI=1S/C15H18N2S/c16-14-11-18-15-7-9-17(8-6-13(14)15)10-12-4-2-1-3-5-12/h1-5,11H,6-10,16H2. The van der Waals surface area contributed by atoms with Crippen LogP contribution in [0.1, 0.15) is 16.0 Å². The van der Waals surface area contributed by atoms with Gasteiger partial charge in [0.25, 0.3) is 0 Å². The lowest BCUT2D eigenvalue weighted by atomic mass is 10.1. The van der Waals surface area contributed by atoms with Gasteiger partial charge in [-0.05, 0) is 24.0 Å². The third-order valence-electron chi connectivity index (χ3n) is 3.60. The van der Waals surface area contributed by atoms with Crippen LogP contribution in [0.3, 0.4) is 0 Å². The van der Waals surface area contributed by atoms with E-state index in [-0.39, 0.29) is 0 Å². The van der Waals surface area contributed by atoms with Gasteiger partial charge in [0.1, 0.15) is 0 Å². The highest BCUT2D eigenvalue weighted by Crippen LogP contribution is 2.28. The summed E-state index contributed by atoms with van der Waals surface area (Å²) in [5.41, 5.74) is 9.82. The van der Waals surface area contributed by atoms with Crippen molar-refractivity contribution >= 4 is 17.0 Å². The first-order chi connectivity index (χ1) is 8.83. The van der Waals surface area contributed by atoms with Crippen LogP contribution in [-0.4, -0.2) is 18.0 Å². The summed E-state index contributed by atoms with van der Waals surface area (Å²) < 4.78 is 0. The van der Waals surface area contributed by atoms with E-state index in [0.717, 1.165) is 38.2 Å². The van der Waals surface area contributed by atoms with Gasteiger partial charge < -0.3 is 5.73 Å². The minimum absolute atomic E-state index is 0.997. The Bertz CT molecular complexity index is 519. The lowest BCUT2D eigenvalue weighted by molar-refractivity contribution is 0.279. The fraction of sp³-hybridized carbons (Fsp3) is 0.333. The van der Waals surface area contributed by atoms with E-state index in [2.05, 4.69) is 40.6 Å². The Labute approximate surface area is 112 Å². The Balaban J connectivity index is 1.68. The molecule has 2 heterocycles. The fourth-order valence-corrected chi connectivity index (χ4v) is 3.56. The molecule has 1 aromatic heterocycles. The summed E-state index contributed by atoms with van der Waals surface area (Å²) in [7, 11) is 0. The Morgan fingerprint density at radius 1 is 1.11 bits per heavy atom. The molecular weight excluding hydrogens is 240 g/mol. The highest BCUT2D eigenvalue weighted by atomic mass is 32.1. The van der Waals surface area contributed by atoms with Crippen LogP contribution in [0.5, 0.6) is 0 Å². The predicted molar refractivity (Wildman–Crippen MR) is 77.9 cm³/mol. The number of benzene rings is 1. The first-order valence-electron chi connectivity index (χ1n) is 6.44. The maximum absolute atomic E-state index is 6.02.